The largest absolute Gasteiger partial charge is 0.494 e. The Hall–Kier alpha value is -3.48. The summed E-state index contributed by atoms with van der Waals surface area (Å²) >= 11 is 1.93. The minimum Gasteiger partial charge on any atom is -0.494 e. The van der Waals surface area contributed by atoms with Crippen LogP contribution in [-0.2, 0) is 17.1 Å². The number of thioether (sulfide) groups is 1. The Balaban J connectivity index is 1.14. The molecule has 1 amide bonds. The Kier molecular flexibility index (Phi) is 9.41. The number of benzene rings is 4. The quantitative estimate of drug-likeness (QED) is 0.198. The number of nitrogens with zero attached hydrogens (tertiary/aromatic N) is 1. The van der Waals surface area contributed by atoms with Gasteiger partial charge in [0.1, 0.15) is 5.75 Å². The van der Waals surface area contributed by atoms with Gasteiger partial charge in [0.2, 0.25) is 0 Å². The summed E-state index contributed by atoms with van der Waals surface area (Å²) in [6, 6.07) is 33.4. The van der Waals surface area contributed by atoms with E-state index in [1.807, 2.05) is 42.1 Å². The maximum absolute atomic E-state index is 11.7. The molecule has 1 fully saturated rings. The highest BCUT2D eigenvalue weighted by atomic mass is 32.2. The van der Waals surface area contributed by atoms with Gasteiger partial charge in [0.25, 0.3) is 0 Å². The first kappa shape index (κ1) is 27.1. The third-order valence-electron chi connectivity index (χ3n) is 7.23. The van der Waals surface area contributed by atoms with Crippen molar-refractivity contribution in [3.8, 4) is 5.75 Å². The Morgan fingerprint density at radius 1 is 0.897 bits per heavy atom. The average Bonchev–Trinajstić information content (AvgIpc) is 2.98. The molecular weight excluding hydrogens is 506 g/mol. The second kappa shape index (κ2) is 13.5. The van der Waals surface area contributed by atoms with Crippen molar-refractivity contribution in [2.75, 3.05) is 25.4 Å². The van der Waals surface area contributed by atoms with Crippen molar-refractivity contribution in [3.05, 3.63) is 114 Å². The first-order valence-electron chi connectivity index (χ1n) is 13.6. The monoisotopic (exact) mass is 541 g/mol. The van der Waals surface area contributed by atoms with Crippen LogP contribution in [0, 0.1) is 0 Å². The van der Waals surface area contributed by atoms with Gasteiger partial charge in [-0.25, -0.2) is 4.79 Å². The third-order valence-corrected chi connectivity index (χ3v) is 8.34. The molecule has 0 saturated carbocycles. The second-order valence-corrected chi connectivity index (χ2v) is 11.1. The van der Waals surface area contributed by atoms with Gasteiger partial charge >= 0.3 is 6.09 Å². The van der Waals surface area contributed by atoms with Crippen molar-refractivity contribution in [2.24, 2.45) is 0 Å². The van der Waals surface area contributed by atoms with E-state index in [0.29, 0.717) is 26.3 Å². The molecule has 1 aliphatic heterocycles. The summed E-state index contributed by atoms with van der Waals surface area (Å²) in [6.07, 6.45) is 0.624. The van der Waals surface area contributed by atoms with E-state index in [2.05, 4.69) is 66.7 Å². The first-order valence-corrected chi connectivity index (χ1v) is 14.7. The second-order valence-electron chi connectivity index (χ2n) is 9.96. The Morgan fingerprint density at radius 2 is 1.67 bits per heavy atom. The molecule has 4 aromatic rings. The minimum atomic E-state index is -0.890. The summed E-state index contributed by atoms with van der Waals surface area (Å²) in [5.74, 6) is 3.08. The van der Waals surface area contributed by atoms with Crippen LogP contribution in [-0.4, -0.2) is 47.7 Å². The van der Waals surface area contributed by atoms with Gasteiger partial charge in [-0.2, -0.15) is 11.8 Å². The van der Waals surface area contributed by atoms with Gasteiger partial charge in [-0.3, -0.25) is 0 Å². The molecule has 2 unspecified atom stereocenters. The van der Waals surface area contributed by atoms with E-state index in [1.165, 1.54) is 21.2 Å². The Labute approximate surface area is 234 Å². The van der Waals surface area contributed by atoms with Crippen molar-refractivity contribution >= 4 is 28.6 Å². The topological polar surface area (TPSA) is 59.0 Å². The van der Waals surface area contributed by atoms with Gasteiger partial charge < -0.3 is 19.5 Å². The summed E-state index contributed by atoms with van der Waals surface area (Å²) in [5.41, 5.74) is 3.60. The zero-order valence-electron chi connectivity index (χ0n) is 22.1. The fraction of sp³-hybridized carbons (Fsp3) is 0.303. The fourth-order valence-electron chi connectivity index (χ4n) is 5.10. The van der Waals surface area contributed by atoms with Crippen molar-refractivity contribution in [1.29, 1.82) is 0 Å². The first-order chi connectivity index (χ1) is 19.2. The number of carboxylic acid groups (broad SMARTS) is 1. The number of hydrogen-bond acceptors (Lipinski definition) is 4. The van der Waals surface area contributed by atoms with Gasteiger partial charge in [-0.05, 0) is 64.3 Å². The molecule has 4 aromatic carbocycles. The maximum atomic E-state index is 11.7. The van der Waals surface area contributed by atoms with Crippen LogP contribution in [0.5, 0.6) is 5.75 Å². The molecule has 2 atom stereocenters. The molecular formula is C33H35NO4S. The lowest BCUT2D eigenvalue weighted by molar-refractivity contribution is -0.0199. The lowest BCUT2D eigenvalue weighted by atomic mass is 9.87. The van der Waals surface area contributed by atoms with Crippen LogP contribution in [0.4, 0.5) is 4.79 Å². The number of hydrogen-bond donors (Lipinski definition) is 1. The van der Waals surface area contributed by atoms with E-state index >= 15 is 0 Å². The van der Waals surface area contributed by atoms with Crippen LogP contribution < -0.4 is 4.74 Å². The predicted octanol–water partition coefficient (Wildman–Crippen LogP) is 7.59. The standard InChI is InChI=1S/C33H35NO4S/c35-33(36)34-18-17-31(32(22-34)38-23-26-11-12-27-9-4-5-10-29(27)21-26)28-13-15-30(16-14-28)37-19-6-20-39-24-25-7-2-1-3-8-25/h1-5,7-16,21,31-32H,6,17-20,22-24H2,(H,35,36). The SMILES string of the molecule is O=C(O)N1CCC(c2ccc(OCCCSCc3ccccc3)cc2)C(OCc2ccc3ccccc3c2)C1. The average molecular weight is 542 g/mol. The molecule has 5 nitrogen and oxygen atoms in total. The smallest absolute Gasteiger partial charge is 0.407 e. The normalized spacial score (nSPS) is 17.3. The minimum absolute atomic E-state index is 0.129. The molecule has 1 aliphatic rings. The molecule has 6 heteroatoms. The summed E-state index contributed by atoms with van der Waals surface area (Å²) in [4.78, 5) is 13.2. The molecule has 1 saturated heterocycles. The maximum Gasteiger partial charge on any atom is 0.407 e. The third kappa shape index (κ3) is 7.55. The molecule has 5 rings (SSSR count). The number of piperidine rings is 1. The lowest BCUT2D eigenvalue weighted by Gasteiger charge is -2.37. The lowest BCUT2D eigenvalue weighted by Crippen LogP contribution is -2.46. The Bertz CT molecular complexity index is 1340. The van der Waals surface area contributed by atoms with Gasteiger partial charge in [-0.1, -0.05) is 78.9 Å². The van der Waals surface area contributed by atoms with E-state index in [-0.39, 0.29) is 12.0 Å². The van der Waals surface area contributed by atoms with E-state index < -0.39 is 6.09 Å². The number of likely N-dealkylation sites (tertiary alicyclic amines) is 1. The molecule has 0 bridgehead atoms. The van der Waals surface area contributed by atoms with Crippen LogP contribution in [0.3, 0.4) is 0 Å². The van der Waals surface area contributed by atoms with E-state index in [9.17, 15) is 9.90 Å². The highest BCUT2D eigenvalue weighted by Gasteiger charge is 2.33. The number of amides is 1. The summed E-state index contributed by atoms with van der Waals surface area (Å²) in [7, 11) is 0. The number of carbonyl (C=O) groups is 1. The fourth-order valence-corrected chi connectivity index (χ4v) is 5.99. The van der Waals surface area contributed by atoms with Crippen molar-refractivity contribution < 1.29 is 19.4 Å². The zero-order chi connectivity index (χ0) is 26.9. The summed E-state index contributed by atoms with van der Waals surface area (Å²) in [5, 5.41) is 12.0. The van der Waals surface area contributed by atoms with Gasteiger partial charge in [0.15, 0.2) is 0 Å². The van der Waals surface area contributed by atoms with Gasteiger partial charge in [0, 0.05) is 18.2 Å². The van der Waals surface area contributed by atoms with Crippen molar-refractivity contribution in [2.45, 2.75) is 37.2 Å². The van der Waals surface area contributed by atoms with Crippen molar-refractivity contribution in [3.63, 3.8) is 0 Å². The van der Waals surface area contributed by atoms with Crippen LogP contribution >= 0.6 is 11.8 Å². The van der Waals surface area contributed by atoms with Crippen molar-refractivity contribution in [1.82, 2.24) is 4.90 Å². The highest BCUT2D eigenvalue weighted by Crippen LogP contribution is 2.32. The molecule has 0 radical (unpaired) electrons. The Morgan fingerprint density at radius 3 is 2.46 bits per heavy atom. The van der Waals surface area contributed by atoms with E-state index in [1.54, 1.807) is 0 Å². The predicted molar refractivity (Wildman–Crippen MR) is 159 cm³/mol. The summed E-state index contributed by atoms with van der Waals surface area (Å²) in [6.45, 7) is 2.01. The number of rotatable bonds is 11. The number of ether oxygens (including phenoxy) is 2. The molecule has 39 heavy (non-hydrogen) atoms. The van der Waals surface area contributed by atoms with E-state index in [0.717, 1.165) is 41.2 Å². The van der Waals surface area contributed by atoms with Crippen LogP contribution in [0.15, 0.2) is 97.1 Å². The van der Waals surface area contributed by atoms with Crippen LogP contribution in [0.2, 0.25) is 0 Å². The van der Waals surface area contributed by atoms with Gasteiger partial charge in [-0.15, -0.1) is 0 Å². The zero-order valence-corrected chi connectivity index (χ0v) is 22.9. The van der Waals surface area contributed by atoms with Gasteiger partial charge in [0.05, 0.1) is 25.9 Å². The number of fused-ring (bicyclic) bond motifs is 1. The molecule has 0 aromatic heterocycles. The molecule has 1 N–H and O–H groups in total. The van der Waals surface area contributed by atoms with E-state index in [4.69, 9.17) is 9.47 Å². The molecule has 0 spiro atoms. The molecule has 202 valence electrons. The molecule has 1 heterocycles. The summed E-state index contributed by atoms with van der Waals surface area (Å²) < 4.78 is 12.4. The molecule has 0 aliphatic carbocycles. The van der Waals surface area contributed by atoms with Crippen LogP contribution in [0.1, 0.15) is 35.4 Å². The van der Waals surface area contributed by atoms with Crippen LogP contribution in [0.25, 0.3) is 10.8 Å². The highest BCUT2D eigenvalue weighted by molar-refractivity contribution is 7.98.